The molecule has 0 radical (unpaired) electrons. The molecule has 1 atom stereocenters. The fourth-order valence-corrected chi connectivity index (χ4v) is 4.53. The molecule has 1 fully saturated rings. The second-order valence-corrected chi connectivity index (χ2v) is 9.05. The molecule has 0 amide bonds. The van der Waals surface area contributed by atoms with E-state index in [0.29, 0.717) is 0 Å². The van der Waals surface area contributed by atoms with Crippen molar-refractivity contribution in [3.05, 3.63) is 101 Å². The van der Waals surface area contributed by atoms with Crippen molar-refractivity contribution in [1.82, 2.24) is 9.80 Å². The highest BCUT2D eigenvalue weighted by molar-refractivity contribution is 5.30. The molecule has 33 heavy (non-hydrogen) atoms. The summed E-state index contributed by atoms with van der Waals surface area (Å²) < 4.78 is 19.3. The van der Waals surface area contributed by atoms with Crippen molar-refractivity contribution in [1.29, 1.82) is 0 Å². The normalized spacial score (nSPS) is 17.2. The van der Waals surface area contributed by atoms with Crippen molar-refractivity contribution in [2.75, 3.05) is 19.7 Å². The van der Waals surface area contributed by atoms with Crippen LogP contribution in [0.5, 0.6) is 5.75 Å². The van der Waals surface area contributed by atoms with E-state index in [1.54, 1.807) is 12.1 Å². The van der Waals surface area contributed by atoms with Crippen molar-refractivity contribution < 1.29 is 9.13 Å². The molecule has 174 valence electrons. The molecule has 3 nitrogen and oxygen atoms in total. The summed E-state index contributed by atoms with van der Waals surface area (Å²) in [4.78, 5) is 5.07. The lowest BCUT2D eigenvalue weighted by Crippen LogP contribution is -2.46. The molecule has 1 aliphatic rings. The third-order valence-corrected chi connectivity index (χ3v) is 6.33. The summed E-state index contributed by atoms with van der Waals surface area (Å²) in [5.41, 5.74) is 5.02. The van der Waals surface area contributed by atoms with Crippen LogP contribution in [0.15, 0.2) is 72.8 Å². The highest BCUT2D eigenvalue weighted by Gasteiger charge is 2.30. The molecule has 4 heteroatoms. The Bertz CT molecular complexity index is 930. The minimum Gasteiger partial charge on any atom is -0.494 e. The van der Waals surface area contributed by atoms with E-state index in [4.69, 9.17) is 4.74 Å². The van der Waals surface area contributed by atoms with E-state index in [1.807, 2.05) is 12.1 Å². The topological polar surface area (TPSA) is 15.7 Å². The van der Waals surface area contributed by atoms with E-state index in [1.165, 1.54) is 16.7 Å². The zero-order valence-corrected chi connectivity index (χ0v) is 19.8. The first-order valence-corrected chi connectivity index (χ1v) is 12.1. The molecule has 4 rings (SSSR count). The van der Waals surface area contributed by atoms with Crippen molar-refractivity contribution >= 4 is 0 Å². The van der Waals surface area contributed by atoms with Gasteiger partial charge in [0, 0.05) is 26.2 Å². The molecule has 1 heterocycles. The first kappa shape index (κ1) is 23.5. The number of rotatable bonds is 9. The third kappa shape index (κ3) is 6.43. The molecule has 0 spiro atoms. The predicted octanol–water partition coefficient (Wildman–Crippen LogP) is 6.72. The van der Waals surface area contributed by atoms with Gasteiger partial charge < -0.3 is 4.74 Å². The maximum Gasteiger partial charge on any atom is 0.123 e. The number of unbranched alkanes of at least 4 members (excludes halogenated alkanes) is 1. The van der Waals surface area contributed by atoms with Crippen molar-refractivity contribution in [2.24, 2.45) is 0 Å². The minimum atomic E-state index is -0.186. The number of hydrogen-bond donors (Lipinski definition) is 0. The first-order chi connectivity index (χ1) is 16.1. The van der Waals surface area contributed by atoms with Gasteiger partial charge in [0.05, 0.1) is 12.8 Å². The van der Waals surface area contributed by atoms with Crippen LogP contribution in [0.4, 0.5) is 4.39 Å². The fourth-order valence-electron chi connectivity index (χ4n) is 4.53. The Kier molecular flexibility index (Phi) is 8.14. The molecule has 0 aromatic heterocycles. The van der Waals surface area contributed by atoms with Gasteiger partial charge in [-0.3, -0.25) is 9.80 Å². The highest BCUT2D eigenvalue weighted by Crippen LogP contribution is 2.33. The average Bonchev–Trinajstić information content (AvgIpc) is 2.83. The first-order valence-electron chi connectivity index (χ1n) is 12.1. The zero-order valence-electron chi connectivity index (χ0n) is 19.8. The van der Waals surface area contributed by atoms with Gasteiger partial charge in [0.15, 0.2) is 0 Å². The monoisotopic (exact) mass is 446 g/mol. The lowest BCUT2D eigenvalue weighted by atomic mass is 10.0. The molecule has 1 aliphatic heterocycles. The molecule has 0 aliphatic carbocycles. The predicted molar refractivity (Wildman–Crippen MR) is 133 cm³/mol. The van der Waals surface area contributed by atoms with Crippen LogP contribution in [0.1, 0.15) is 54.6 Å². The lowest BCUT2D eigenvalue weighted by Gasteiger charge is -2.44. The average molecular weight is 447 g/mol. The van der Waals surface area contributed by atoms with Crippen LogP contribution in [-0.2, 0) is 13.1 Å². The summed E-state index contributed by atoms with van der Waals surface area (Å²) in [7, 11) is 0. The Morgan fingerprint density at radius 3 is 1.97 bits per heavy atom. The number of halogens is 1. The minimum absolute atomic E-state index is 0.162. The molecule has 0 N–H and O–H groups in total. The molecule has 0 bridgehead atoms. The van der Waals surface area contributed by atoms with Crippen LogP contribution < -0.4 is 4.74 Å². The molecule has 0 saturated carbocycles. The Hall–Kier alpha value is -2.69. The van der Waals surface area contributed by atoms with Gasteiger partial charge in [-0.15, -0.1) is 0 Å². The highest BCUT2D eigenvalue weighted by atomic mass is 19.1. The fraction of sp³-hybridized carbons (Fsp3) is 0.379. The standard InChI is InChI=1S/C29H35FN2O/c1-3-4-20-33-28-16-12-26(13-17-28)29-31(21-24-8-6-23(2)7-9-24)18-5-19-32(29)22-25-10-14-27(30)15-11-25/h6-17,29H,3-5,18-22H2,1-2H3/t29-/m0/s1. The van der Waals surface area contributed by atoms with Crippen molar-refractivity contribution in [2.45, 2.75) is 52.4 Å². The molecular formula is C29H35FN2O. The van der Waals surface area contributed by atoms with Crippen molar-refractivity contribution in [3.63, 3.8) is 0 Å². The van der Waals surface area contributed by atoms with E-state index >= 15 is 0 Å². The lowest BCUT2D eigenvalue weighted by molar-refractivity contribution is -0.00912. The summed E-state index contributed by atoms with van der Waals surface area (Å²) in [6.45, 7) is 8.82. The van der Waals surface area contributed by atoms with E-state index in [2.05, 4.69) is 72.2 Å². The van der Waals surface area contributed by atoms with Gasteiger partial charge in [0.25, 0.3) is 0 Å². The zero-order chi connectivity index (χ0) is 23.0. The Morgan fingerprint density at radius 2 is 1.39 bits per heavy atom. The summed E-state index contributed by atoms with van der Waals surface area (Å²) >= 11 is 0. The smallest absolute Gasteiger partial charge is 0.123 e. The molecule has 3 aromatic carbocycles. The van der Waals surface area contributed by atoms with Gasteiger partial charge in [0.2, 0.25) is 0 Å². The largest absolute Gasteiger partial charge is 0.494 e. The SMILES string of the molecule is CCCCOc1ccc([C@H]2N(Cc3ccc(C)cc3)CCCN2Cc2ccc(F)cc2)cc1. The maximum absolute atomic E-state index is 13.5. The van der Waals surface area contributed by atoms with Crippen LogP contribution in [0.2, 0.25) is 0 Å². The Balaban J connectivity index is 1.57. The van der Waals surface area contributed by atoms with E-state index < -0.39 is 0 Å². The van der Waals surface area contributed by atoms with Crippen LogP contribution in [0, 0.1) is 12.7 Å². The van der Waals surface area contributed by atoms with E-state index in [-0.39, 0.29) is 12.0 Å². The Labute approximate surface area is 197 Å². The van der Waals surface area contributed by atoms with Gasteiger partial charge >= 0.3 is 0 Å². The number of ether oxygens (including phenoxy) is 1. The number of benzene rings is 3. The second-order valence-electron chi connectivity index (χ2n) is 9.05. The number of hydrogen-bond acceptors (Lipinski definition) is 3. The molecule has 3 aromatic rings. The van der Waals surface area contributed by atoms with E-state index in [0.717, 1.165) is 63.4 Å². The summed E-state index contributed by atoms with van der Waals surface area (Å²) in [5.74, 6) is 0.742. The van der Waals surface area contributed by atoms with Gasteiger partial charge in [-0.2, -0.15) is 0 Å². The quantitative estimate of drug-likeness (QED) is 0.339. The van der Waals surface area contributed by atoms with Gasteiger partial charge in [-0.05, 0) is 60.7 Å². The van der Waals surface area contributed by atoms with Gasteiger partial charge in [-0.25, -0.2) is 4.39 Å². The summed E-state index contributed by atoms with van der Waals surface area (Å²) in [6, 6.07) is 24.4. The van der Waals surface area contributed by atoms with Crippen LogP contribution in [0.25, 0.3) is 0 Å². The van der Waals surface area contributed by atoms with Crippen LogP contribution in [0.3, 0.4) is 0 Å². The number of aryl methyl sites for hydroxylation is 1. The molecule has 0 unspecified atom stereocenters. The summed E-state index contributed by atoms with van der Waals surface area (Å²) in [6.07, 6.45) is 3.48. The molecule has 1 saturated heterocycles. The second kappa shape index (κ2) is 11.4. The number of nitrogens with zero attached hydrogens (tertiary/aromatic N) is 2. The summed E-state index contributed by atoms with van der Waals surface area (Å²) in [5, 5.41) is 0. The van der Waals surface area contributed by atoms with E-state index in [9.17, 15) is 4.39 Å². The third-order valence-electron chi connectivity index (χ3n) is 6.33. The Morgan fingerprint density at radius 1 is 0.818 bits per heavy atom. The van der Waals surface area contributed by atoms with Crippen LogP contribution in [-0.4, -0.2) is 29.5 Å². The van der Waals surface area contributed by atoms with Crippen molar-refractivity contribution in [3.8, 4) is 5.75 Å². The van der Waals surface area contributed by atoms with Gasteiger partial charge in [0.1, 0.15) is 11.6 Å². The molecular weight excluding hydrogens is 411 g/mol. The van der Waals surface area contributed by atoms with Crippen LogP contribution >= 0.6 is 0 Å². The maximum atomic E-state index is 13.5. The van der Waals surface area contributed by atoms with Gasteiger partial charge in [-0.1, -0.05) is 67.4 Å².